The van der Waals surface area contributed by atoms with Crippen LogP contribution in [0.5, 0.6) is 11.5 Å². The predicted molar refractivity (Wildman–Crippen MR) is 99.5 cm³/mol. The molecular weight excluding hydrogens is 350 g/mol. The maximum absolute atomic E-state index is 12.2. The van der Waals surface area contributed by atoms with Crippen molar-refractivity contribution < 1.29 is 28.6 Å². The molecule has 1 amide bonds. The first kappa shape index (κ1) is 20.0. The Bertz CT molecular complexity index is 846. The molecule has 0 spiro atoms. The number of ketones is 1. The van der Waals surface area contributed by atoms with Crippen molar-refractivity contribution in [3.63, 3.8) is 0 Å². The van der Waals surface area contributed by atoms with E-state index in [2.05, 4.69) is 5.32 Å². The number of amides is 1. The summed E-state index contributed by atoms with van der Waals surface area (Å²) in [6.07, 6.45) is 0. The van der Waals surface area contributed by atoms with Crippen LogP contribution in [0.25, 0.3) is 0 Å². The van der Waals surface area contributed by atoms with E-state index in [-0.39, 0.29) is 11.3 Å². The Labute approximate surface area is 157 Å². The molecule has 2 aromatic carbocycles. The van der Waals surface area contributed by atoms with Crippen molar-refractivity contribution in [2.75, 3.05) is 25.6 Å². The number of anilines is 1. The van der Waals surface area contributed by atoms with E-state index >= 15 is 0 Å². The number of nitrogens with one attached hydrogen (secondary N) is 1. The Morgan fingerprint density at radius 1 is 1.00 bits per heavy atom. The number of hydrogen-bond acceptors (Lipinski definition) is 6. The van der Waals surface area contributed by atoms with Gasteiger partial charge in [-0.05, 0) is 44.2 Å². The molecule has 27 heavy (non-hydrogen) atoms. The first-order chi connectivity index (χ1) is 12.9. The van der Waals surface area contributed by atoms with Gasteiger partial charge in [-0.3, -0.25) is 9.59 Å². The minimum absolute atomic E-state index is 0.109. The molecule has 0 heterocycles. The van der Waals surface area contributed by atoms with E-state index in [1.807, 2.05) is 6.92 Å². The van der Waals surface area contributed by atoms with Crippen molar-refractivity contribution in [1.82, 2.24) is 0 Å². The number of esters is 1. The normalized spacial score (nSPS) is 10.0. The van der Waals surface area contributed by atoms with Crippen LogP contribution >= 0.6 is 0 Å². The third kappa shape index (κ3) is 5.57. The second-order valence-corrected chi connectivity index (χ2v) is 5.56. The standard InChI is InChI=1S/C20H21NO6/c1-4-26-18-11-15(8-9-17(18)25-3)20(24)27-12-19(23)21-16-7-5-6-14(10-16)13(2)22/h5-11H,4,12H2,1-3H3,(H,21,23). The Kier molecular flexibility index (Phi) is 6.93. The monoisotopic (exact) mass is 371 g/mol. The second-order valence-electron chi connectivity index (χ2n) is 5.56. The van der Waals surface area contributed by atoms with Gasteiger partial charge in [-0.1, -0.05) is 12.1 Å². The fourth-order valence-corrected chi connectivity index (χ4v) is 2.30. The van der Waals surface area contributed by atoms with Crippen molar-refractivity contribution in [3.05, 3.63) is 53.6 Å². The average Bonchev–Trinajstić information content (AvgIpc) is 2.66. The summed E-state index contributed by atoms with van der Waals surface area (Å²) in [5.74, 6) is -0.368. The summed E-state index contributed by atoms with van der Waals surface area (Å²) in [5, 5.41) is 2.58. The zero-order valence-electron chi connectivity index (χ0n) is 15.4. The van der Waals surface area contributed by atoms with Crippen molar-refractivity contribution in [3.8, 4) is 11.5 Å². The molecule has 0 saturated heterocycles. The van der Waals surface area contributed by atoms with Gasteiger partial charge in [-0.15, -0.1) is 0 Å². The van der Waals surface area contributed by atoms with Crippen LogP contribution < -0.4 is 14.8 Å². The largest absolute Gasteiger partial charge is 0.493 e. The van der Waals surface area contributed by atoms with E-state index in [1.165, 1.54) is 26.2 Å². The number of rotatable bonds is 8. The molecule has 0 radical (unpaired) electrons. The lowest BCUT2D eigenvalue weighted by Gasteiger charge is -2.11. The van der Waals surface area contributed by atoms with E-state index in [0.717, 1.165) is 0 Å². The summed E-state index contributed by atoms with van der Waals surface area (Å²) in [6.45, 7) is 3.21. The number of hydrogen-bond donors (Lipinski definition) is 1. The lowest BCUT2D eigenvalue weighted by Crippen LogP contribution is -2.21. The van der Waals surface area contributed by atoms with Crippen molar-refractivity contribution in [2.45, 2.75) is 13.8 Å². The SMILES string of the molecule is CCOc1cc(C(=O)OCC(=O)Nc2cccc(C(C)=O)c2)ccc1OC. The minimum atomic E-state index is -0.661. The van der Waals surface area contributed by atoms with E-state index in [1.54, 1.807) is 30.3 Å². The van der Waals surface area contributed by atoms with Crippen LogP contribution in [0.3, 0.4) is 0 Å². The van der Waals surface area contributed by atoms with Gasteiger partial charge in [0.25, 0.3) is 5.91 Å². The highest BCUT2D eigenvalue weighted by molar-refractivity contribution is 5.98. The Hall–Kier alpha value is -3.35. The van der Waals surface area contributed by atoms with Crippen LogP contribution in [0.2, 0.25) is 0 Å². The van der Waals surface area contributed by atoms with Gasteiger partial charge >= 0.3 is 5.97 Å². The Balaban J connectivity index is 1.96. The second kappa shape index (κ2) is 9.38. The molecule has 142 valence electrons. The zero-order chi connectivity index (χ0) is 19.8. The molecule has 2 rings (SSSR count). The van der Waals surface area contributed by atoms with Crippen LogP contribution in [0.4, 0.5) is 5.69 Å². The third-order valence-electron chi connectivity index (χ3n) is 3.59. The first-order valence-electron chi connectivity index (χ1n) is 8.33. The molecule has 0 aliphatic carbocycles. The van der Waals surface area contributed by atoms with Crippen molar-refractivity contribution in [2.24, 2.45) is 0 Å². The fourth-order valence-electron chi connectivity index (χ4n) is 2.30. The average molecular weight is 371 g/mol. The maximum Gasteiger partial charge on any atom is 0.338 e. The lowest BCUT2D eigenvalue weighted by molar-refractivity contribution is -0.119. The quantitative estimate of drug-likeness (QED) is 0.566. The molecule has 7 heteroatoms. The molecule has 7 nitrogen and oxygen atoms in total. The van der Waals surface area contributed by atoms with E-state index < -0.39 is 18.5 Å². The minimum Gasteiger partial charge on any atom is -0.493 e. The number of carbonyl (C=O) groups is 3. The molecule has 0 fully saturated rings. The van der Waals surface area contributed by atoms with Crippen LogP contribution in [-0.2, 0) is 9.53 Å². The number of Topliss-reactive ketones (excluding diaryl/α,β-unsaturated/α-hetero) is 1. The predicted octanol–water partition coefficient (Wildman–Crippen LogP) is 3.09. The molecule has 1 N–H and O–H groups in total. The zero-order valence-corrected chi connectivity index (χ0v) is 15.4. The van der Waals surface area contributed by atoms with Gasteiger partial charge < -0.3 is 19.5 Å². The van der Waals surface area contributed by atoms with Crippen LogP contribution in [-0.4, -0.2) is 38.0 Å². The highest BCUT2D eigenvalue weighted by Crippen LogP contribution is 2.28. The van der Waals surface area contributed by atoms with Gasteiger partial charge in [0.2, 0.25) is 0 Å². The molecule has 2 aromatic rings. The molecule has 0 saturated carbocycles. The van der Waals surface area contributed by atoms with E-state index in [0.29, 0.717) is 29.4 Å². The Morgan fingerprint density at radius 2 is 1.78 bits per heavy atom. The summed E-state index contributed by atoms with van der Waals surface area (Å²) < 4.78 is 15.6. The summed E-state index contributed by atoms with van der Waals surface area (Å²) in [4.78, 5) is 35.5. The molecule has 0 bridgehead atoms. The van der Waals surface area contributed by atoms with E-state index in [9.17, 15) is 14.4 Å². The summed E-state index contributed by atoms with van der Waals surface area (Å²) in [7, 11) is 1.50. The highest BCUT2D eigenvalue weighted by Gasteiger charge is 2.14. The molecule has 0 aliphatic heterocycles. The number of ether oxygens (including phenoxy) is 3. The lowest BCUT2D eigenvalue weighted by atomic mass is 10.1. The van der Waals surface area contributed by atoms with Crippen LogP contribution in [0.15, 0.2) is 42.5 Å². The summed E-state index contributed by atoms with van der Waals surface area (Å²) >= 11 is 0. The molecular formula is C20H21NO6. The first-order valence-corrected chi connectivity index (χ1v) is 8.33. The number of carbonyl (C=O) groups excluding carboxylic acids is 3. The van der Waals surface area contributed by atoms with Gasteiger partial charge in [0.05, 0.1) is 19.3 Å². The van der Waals surface area contributed by atoms with Crippen LogP contribution in [0.1, 0.15) is 34.6 Å². The Morgan fingerprint density at radius 3 is 2.44 bits per heavy atom. The molecule has 0 unspecified atom stereocenters. The van der Waals surface area contributed by atoms with Gasteiger partial charge in [-0.2, -0.15) is 0 Å². The summed E-state index contributed by atoms with van der Waals surface area (Å²) in [6, 6.07) is 11.1. The van der Waals surface area contributed by atoms with E-state index in [4.69, 9.17) is 14.2 Å². The van der Waals surface area contributed by atoms with Gasteiger partial charge in [0, 0.05) is 11.3 Å². The maximum atomic E-state index is 12.2. The molecule has 0 aliphatic rings. The topological polar surface area (TPSA) is 90.9 Å². The fraction of sp³-hybridized carbons (Fsp3) is 0.250. The number of methoxy groups -OCH3 is 1. The van der Waals surface area contributed by atoms with Crippen LogP contribution in [0, 0.1) is 0 Å². The third-order valence-corrected chi connectivity index (χ3v) is 3.59. The van der Waals surface area contributed by atoms with Gasteiger partial charge in [0.1, 0.15) is 0 Å². The molecule has 0 aromatic heterocycles. The smallest absolute Gasteiger partial charge is 0.338 e. The summed E-state index contributed by atoms with van der Waals surface area (Å²) in [5.41, 5.74) is 1.17. The highest BCUT2D eigenvalue weighted by atomic mass is 16.5. The number of benzene rings is 2. The van der Waals surface area contributed by atoms with Crippen molar-refractivity contribution >= 4 is 23.3 Å². The van der Waals surface area contributed by atoms with Gasteiger partial charge in [0.15, 0.2) is 23.9 Å². The van der Waals surface area contributed by atoms with Gasteiger partial charge in [-0.25, -0.2) is 4.79 Å². The molecule has 0 atom stereocenters. The van der Waals surface area contributed by atoms with Crippen molar-refractivity contribution in [1.29, 1.82) is 0 Å².